The van der Waals surface area contributed by atoms with Gasteiger partial charge < -0.3 is 5.32 Å². The third kappa shape index (κ3) is 2.64. The third-order valence-corrected chi connectivity index (χ3v) is 2.81. The fourth-order valence-corrected chi connectivity index (χ4v) is 1.77. The minimum Gasteiger partial charge on any atom is -0.370 e. The minimum atomic E-state index is 0.905. The number of aryl methyl sites for hydroxylation is 1. The van der Waals surface area contributed by atoms with Crippen molar-refractivity contribution in [3.05, 3.63) is 35.9 Å². The van der Waals surface area contributed by atoms with Crippen LogP contribution in [0.25, 0.3) is 11.3 Å². The molecule has 0 fully saturated rings. The molecular weight excluding hydrogens is 224 g/mol. The number of hydrogen-bond donors (Lipinski definition) is 1. The van der Waals surface area contributed by atoms with Crippen LogP contribution in [-0.4, -0.2) is 21.5 Å². The van der Waals surface area contributed by atoms with Crippen molar-refractivity contribution in [2.75, 3.05) is 11.9 Å². The summed E-state index contributed by atoms with van der Waals surface area (Å²) in [4.78, 5) is 12.9. The summed E-state index contributed by atoms with van der Waals surface area (Å²) in [7, 11) is 0. The summed E-state index contributed by atoms with van der Waals surface area (Å²) in [5.74, 6) is 0.905. The van der Waals surface area contributed by atoms with Crippen molar-refractivity contribution in [3.8, 4) is 11.3 Å². The van der Waals surface area contributed by atoms with Crippen molar-refractivity contribution >= 4 is 5.82 Å². The van der Waals surface area contributed by atoms with E-state index in [1.54, 1.807) is 6.33 Å². The highest BCUT2D eigenvalue weighted by atomic mass is 15.0. The van der Waals surface area contributed by atoms with Crippen molar-refractivity contribution in [1.82, 2.24) is 15.0 Å². The van der Waals surface area contributed by atoms with Crippen molar-refractivity contribution in [1.29, 1.82) is 0 Å². The van der Waals surface area contributed by atoms with Crippen molar-refractivity contribution < 1.29 is 0 Å². The summed E-state index contributed by atoms with van der Waals surface area (Å²) in [6, 6.07) is 4.04. The number of nitrogens with zero attached hydrogens (tertiary/aromatic N) is 3. The lowest BCUT2D eigenvalue weighted by Crippen LogP contribution is -2.05. The molecule has 4 nitrogen and oxygen atoms in total. The molecule has 0 radical (unpaired) electrons. The number of hydrogen-bond acceptors (Lipinski definition) is 4. The minimum absolute atomic E-state index is 0.905. The Hall–Kier alpha value is -1.97. The zero-order valence-corrected chi connectivity index (χ0v) is 11.1. The predicted molar refractivity (Wildman–Crippen MR) is 73.5 cm³/mol. The molecule has 0 aliphatic rings. The van der Waals surface area contributed by atoms with Crippen LogP contribution in [0.1, 0.15) is 24.6 Å². The maximum absolute atomic E-state index is 4.36. The van der Waals surface area contributed by atoms with E-state index in [-0.39, 0.29) is 0 Å². The molecule has 0 aliphatic carbocycles. The molecule has 0 unspecified atom stereocenters. The molecule has 0 atom stereocenters. The molecule has 2 aromatic heterocycles. The van der Waals surface area contributed by atoms with Gasteiger partial charge in [0.2, 0.25) is 0 Å². The van der Waals surface area contributed by atoms with E-state index in [0.29, 0.717) is 0 Å². The van der Waals surface area contributed by atoms with Crippen LogP contribution in [-0.2, 0) is 0 Å². The fourth-order valence-electron chi connectivity index (χ4n) is 1.77. The zero-order chi connectivity index (χ0) is 13.0. The van der Waals surface area contributed by atoms with E-state index in [0.717, 1.165) is 41.3 Å². The Balaban J connectivity index is 2.36. The average molecular weight is 242 g/mol. The molecule has 0 saturated heterocycles. The van der Waals surface area contributed by atoms with Gasteiger partial charge in [-0.3, -0.25) is 4.98 Å². The lowest BCUT2D eigenvalue weighted by Gasteiger charge is -2.10. The van der Waals surface area contributed by atoms with Gasteiger partial charge in [0.15, 0.2) is 0 Å². The monoisotopic (exact) mass is 242 g/mol. The Morgan fingerprint density at radius 3 is 2.61 bits per heavy atom. The van der Waals surface area contributed by atoms with Gasteiger partial charge in [-0.1, -0.05) is 6.92 Å². The molecule has 94 valence electrons. The number of aromatic nitrogens is 3. The molecule has 2 rings (SSSR count). The van der Waals surface area contributed by atoms with Crippen molar-refractivity contribution in [2.45, 2.75) is 27.2 Å². The molecule has 2 heterocycles. The van der Waals surface area contributed by atoms with Gasteiger partial charge in [-0.2, -0.15) is 0 Å². The second-order valence-electron chi connectivity index (χ2n) is 4.31. The molecule has 18 heavy (non-hydrogen) atoms. The fraction of sp³-hybridized carbons (Fsp3) is 0.357. The molecule has 0 aliphatic heterocycles. The topological polar surface area (TPSA) is 50.7 Å². The van der Waals surface area contributed by atoms with Crippen LogP contribution in [0.2, 0.25) is 0 Å². The second-order valence-corrected chi connectivity index (χ2v) is 4.31. The highest BCUT2D eigenvalue weighted by Gasteiger charge is 2.08. The van der Waals surface area contributed by atoms with Gasteiger partial charge in [0.1, 0.15) is 12.1 Å². The molecule has 2 aromatic rings. The summed E-state index contributed by atoms with van der Waals surface area (Å²) >= 11 is 0. The molecule has 0 aromatic carbocycles. The van der Waals surface area contributed by atoms with E-state index in [4.69, 9.17) is 0 Å². The van der Waals surface area contributed by atoms with Crippen LogP contribution >= 0.6 is 0 Å². The van der Waals surface area contributed by atoms with Crippen LogP contribution in [0.4, 0.5) is 5.82 Å². The first kappa shape index (κ1) is 12.5. The Morgan fingerprint density at radius 1 is 1.11 bits per heavy atom. The molecule has 0 saturated carbocycles. The van der Waals surface area contributed by atoms with E-state index in [1.807, 2.05) is 32.2 Å². The third-order valence-electron chi connectivity index (χ3n) is 2.81. The summed E-state index contributed by atoms with van der Waals surface area (Å²) in [6.07, 6.45) is 4.53. The van der Waals surface area contributed by atoms with E-state index < -0.39 is 0 Å². The highest BCUT2D eigenvalue weighted by molar-refractivity contribution is 5.67. The standard InChI is InChI=1S/C14H18N4/c1-4-7-15-14-11(3)13(17-9-18-14)12-6-5-10(2)16-8-12/h5-6,8-9H,4,7H2,1-3H3,(H,15,17,18). The van der Waals surface area contributed by atoms with E-state index in [2.05, 4.69) is 27.2 Å². The summed E-state index contributed by atoms with van der Waals surface area (Å²) in [5, 5.41) is 3.31. The van der Waals surface area contributed by atoms with Crippen LogP contribution in [0, 0.1) is 13.8 Å². The number of pyridine rings is 1. The summed E-state index contributed by atoms with van der Waals surface area (Å²) in [5.41, 5.74) is 4.04. The van der Waals surface area contributed by atoms with Gasteiger partial charge in [0.25, 0.3) is 0 Å². The van der Waals surface area contributed by atoms with Gasteiger partial charge in [0.05, 0.1) is 5.69 Å². The largest absolute Gasteiger partial charge is 0.370 e. The Labute approximate surface area is 108 Å². The normalized spacial score (nSPS) is 10.4. The van der Waals surface area contributed by atoms with Crippen LogP contribution in [0.3, 0.4) is 0 Å². The van der Waals surface area contributed by atoms with E-state index in [1.165, 1.54) is 0 Å². The number of rotatable bonds is 4. The van der Waals surface area contributed by atoms with Crippen molar-refractivity contribution in [3.63, 3.8) is 0 Å². The molecule has 0 bridgehead atoms. The predicted octanol–water partition coefficient (Wildman–Crippen LogP) is 2.98. The first-order valence-electron chi connectivity index (χ1n) is 6.21. The first-order valence-corrected chi connectivity index (χ1v) is 6.21. The SMILES string of the molecule is CCCNc1ncnc(-c2ccc(C)nc2)c1C. The van der Waals surface area contributed by atoms with Crippen LogP contribution in [0.5, 0.6) is 0 Å². The van der Waals surface area contributed by atoms with E-state index >= 15 is 0 Å². The zero-order valence-electron chi connectivity index (χ0n) is 11.1. The Kier molecular flexibility index (Phi) is 3.87. The molecule has 4 heteroatoms. The summed E-state index contributed by atoms with van der Waals surface area (Å²) in [6.45, 7) is 7.07. The summed E-state index contributed by atoms with van der Waals surface area (Å²) < 4.78 is 0. The molecule has 0 spiro atoms. The van der Waals surface area contributed by atoms with Gasteiger partial charge in [-0.15, -0.1) is 0 Å². The first-order chi connectivity index (χ1) is 8.72. The van der Waals surface area contributed by atoms with E-state index in [9.17, 15) is 0 Å². The smallest absolute Gasteiger partial charge is 0.132 e. The van der Waals surface area contributed by atoms with Gasteiger partial charge in [-0.25, -0.2) is 9.97 Å². The highest BCUT2D eigenvalue weighted by Crippen LogP contribution is 2.24. The molecule has 0 amide bonds. The van der Waals surface area contributed by atoms with Crippen LogP contribution in [0.15, 0.2) is 24.7 Å². The maximum Gasteiger partial charge on any atom is 0.132 e. The molecular formula is C14H18N4. The van der Waals surface area contributed by atoms with Crippen LogP contribution < -0.4 is 5.32 Å². The Morgan fingerprint density at radius 2 is 1.94 bits per heavy atom. The van der Waals surface area contributed by atoms with Crippen molar-refractivity contribution in [2.24, 2.45) is 0 Å². The lowest BCUT2D eigenvalue weighted by molar-refractivity contribution is 0.960. The number of anilines is 1. The lowest BCUT2D eigenvalue weighted by atomic mass is 10.1. The van der Waals surface area contributed by atoms with Gasteiger partial charge >= 0.3 is 0 Å². The maximum atomic E-state index is 4.36. The second kappa shape index (κ2) is 5.58. The quantitative estimate of drug-likeness (QED) is 0.895. The average Bonchev–Trinajstić information content (AvgIpc) is 2.39. The van der Waals surface area contributed by atoms with Gasteiger partial charge in [0, 0.05) is 29.6 Å². The van der Waals surface area contributed by atoms with Gasteiger partial charge in [-0.05, 0) is 32.4 Å². The number of nitrogens with one attached hydrogen (secondary N) is 1. The Bertz CT molecular complexity index is 520. The molecule has 1 N–H and O–H groups in total.